The molecule has 0 saturated heterocycles. The summed E-state index contributed by atoms with van der Waals surface area (Å²) in [5.41, 5.74) is 2.15. The third-order valence-electron chi connectivity index (χ3n) is 2.10. The van der Waals surface area contributed by atoms with Gasteiger partial charge in [0.05, 0.1) is 6.61 Å². The van der Waals surface area contributed by atoms with Crippen molar-refractivity contribution in [3.05, 3.63) is 35.7 Å². The zero-order valence-corrected chi connectivity index (χ0v) is 8.09. The lowest BCUT2D eigenvalue weighted by Crippen LogP contribution is -2.08. The molecular weight excluding hydrogens is 162 g/mol. The molecule has 0 radical (unpaired) electrons. The normalized spacial score (nSPS) is 15.8. The summed E-state index contributed by atoms with van der Waals surface area (Å²) in [6.07, 6.45) is 11.1. The Morgan fingerprint density at radius 1 is 1.38 bits per heavy atom. The maximum Gasteiger partial charge on any atom is 0.0698 e. The largest absolute Gasteiger partial charge is 0.392 e. The highest BCUT2D eigenvalue weighted by atomic mass is 16.3. The maximum absolute atomic E-state index is 9.11. The van der Waals surface area contributed by atoms with Gasteiger partial charge in [-0.1, -0.05) is 25.5 Å². The van der Waals surface area contributed by atoms with Crippen LogP contribution in [0.5, 0.6) is 0 Å². The first-order chi connectivity index (χ1) is 6.38. The summed E-state index contributed by atoms with van der Waals surface area (Å²) in [4.78, 5) is 0. The predicted molar refractivity (Wildman–Crippen MR) is 55.1 cm³/mol. The monoisotopic (exact) mass is 179 g/mol. The Morgan fingerprint density at radius 3 is 2.92 bits per heavy atom. The predicted octanol–water partition coefficient (Wildman–Crippen LogP) is 2.10. The van der Waals surface area contributed by atoms with Crippen LogP contribution in [0.1, 0.15) is 26.2 Å². The zero-order valence-electron chi connectivity index (χ0n) is 8.09. The first-order valence-corrected chi connectivity index (χ1v) is 4.81. The van der Waals surface area contributed by atoms with Crippen molar-refractivity contribution in [2.75, 3.05) is 6.61 Å². The highest BCUT2D eigenvalue weighted by molar-refractivity contribution is 5.31. The first-order valence-electron chi connectivity index (χ1n) is 4.81. The van der Waals surface area contributed by atoms with Crippen molar-refractivity contribution in [3.63, 3.8) is 0 Å². The molecule has 13 heavy (non-hydrogen) atoms. The van der Waals surface area contributed by atoms with Gasteiger partial charge in [-0.15, -0.1) is 0 Å². The van der Waals surface area contributed by atoms with E-state index in [1.165, 1.54) is 6.42 Å². The topological polar surface area (TPSA) is 32.3 Å². The molecule has 1 heterocycles. The van der Waals surface area contributed by atoms with Gasteiger partial charge in [-0.05, 0) is 24.5 Å². The van der Waals surface area contributed by atoms with Gasteiger partial charge in [-0.3, -0.25) is 0 Å². The quantitative estimate of drug-likeness (QED) is 0.692. The third kappa shape index (κ3) is 3.07. The van der Waals surface area contributed by atoms with E-state index in [-0.39, 0.29) is 6.61 Å². The molecule has 0 fully saturated rings. The zero-order chi connectivity index (χ0) is 9.52. The average molecular weight is 179 g/mol. The molecule has 0 saturated carbocycles. The number of unbranched alkanes of at least 4 members (excludes halogenated alkanes) is 1. The van der Waals surface area contributed by atoms with Crippen molar-refractivity contribution in [1.29, 1.82) is 0 Å². The van der Waals surface area contributed by atoms with E-state index in [0.717, 1.165) is 24.1 Å². The van der Waals surface area contributed by atoms with Crippen LogP contribution in [-0.4, -0.2) is 11.7 Å². The molecule has 72 valence electrons. The Labute approximate surface area is 79.7 Å². The van der Waals surface area contributed by atoms with Gasteiger partial charge in [0.1, 0.15) is 0 Å². The van der Waals surface area contributed by atoms with E-state index < -0.39 is 0 Å². The van der Waals surface area contributed by atoms with Crippen LogP contribution >= 0.6 is 0 Å². The molecule has 1 rings (SSSR count). The van der Waals surface area contributed by atoms with Crippen molar-refractivity contribution < 1.29 is 5.11 Å². The molecule has 1 aliphatic heterocycles. The summed E-state index contributed by atoms with van der Waals surface area (Å²) in [6, 6.07) is 0. The fourth-order valence-electron chi connectivity index (χ4n) is 1.30. The van der Waals surface area contributed by atoms with Crippen LogP contribution in [0.25, 0.3) is 0 Å². The minimum Gasteiger partial charge on any atom is -0.392 e. The molecule has 1 aliphatic rings. The highest BCUT2D eigenvalue weighted by Gasteiger charge is 2.02. The second-order valence-electron chi connectivity index (χ2n) is 3.13. The molecule has 0 aromatic heterocycles. The second kappa shape index (κ2) is 5.60. The molecule has 0 aromatic carbocycles. The van der Waals surface area contributed by atoms with E-state index in [0.29, 0.717) is 0 Å². The summed E-state index contributed by atoms with van der Waals surface area (Å²) in [6.45, 7) is 2.28. The fourth-order valence-corrected chi connectivity index (χ4v) is 1.30. The van der Waals surface area contributed by atoms with Gasteiger partial charge in [0.25, 0.3) is 0 Å². The molecule has 0 aliphatic carbocycles. The van der Waals surface area contributed by atoms with Crippen LogP contribution in [-0.2, 0) is 0 Å². The average Bonchev–Trinajstić information content (AvgIpc) is 2.39. The minimum absolute atomic E-state index is 0.115. The van der Waals surface area contributed by atoms with Crippen molar-refractivity contribution in [3.8, 4) is 0 Å². The second-order valence-corrected chi connectivity index (χ2v) is 3.13. The van der Waals surface area contributed by atoms with Gasteiger partial charge in [0, 0.05) is 11.9 Å². The first kappa shape index (κ1) is 10.1. The van der Waals surface area contributed by atoms with E-state index in [2.05, 4.69) is 12.2 Å². The lowest BCUT2D eigenvalue weighted by atomic mass is 10.1. The number of aliphatic hydroxyl groups excluding tert-OH is 1. The summed E-state index contributed by atoms with van der Waals surface area (Å²) in [5, 5.41) is 12.3. The van der Waals surface area contributed by atoms with Gasteiger partial charge in [0.15, 0.2) is 0 Å². The Morgan fingerprint density at radius 2 is 2.23 bits per heavy atom. The van der Waals surface area contributed by atoms with Crippen molar-refractivity contribution in [2.24, 2.45) is 0 Å². The molecule has 0 amide bonds. The van der Waals surface area contributed by atoms with Crippen LogP contribution in [0.4, 0.5) is 0 Å². The fraction of sp³-hybridized carbons (Fsp3) is 0.455. The number of rotatable bonds is 4. The van der Waals surface area contributed by atoms with E-state index in [1.807, 2.05) is 24.4 Å². The molecule has 0 unspecified atom stereocenters. The Kier molecular flexibility index (Phi) is 4.33. The SMILES string of the molecule is CCCCC1=C(CO)C=CC=CN1. The molecule has 0 atom stereocenters. The molecule has 0 aromatic rings. The lowest BCUT2D eigenvalue weighted by Gasteiger charge is -2.09. The Bertz CT molecular complexity index is 238. The Hall–Kier alpha value is -1.02. The van der Waals surface area contributed by atoms with Crippen molar-refractivity contribution >= 4 is 0 Å². The summed E-state index contributed by atoms with van der Waals surface area (Å²) >= 11 is 0. The highest BCUT2D eigenvalue weighted by Crippen LogP contribution is 2.12. The molecule has 0 bridgehead atoms. The van der Waals surface area contributed by atoms with Gasteiger partial charge in [-0.25, -0.2) is 0 Å². The lowest BCUT2D eigenvalue weighted by molar-refractivity contribution is 0.332. The van der Waals surface area contributed by atoms with Crippen LogP contribution < -0.4 is 5.32 Å². The number of allylic oxidation sites excluding steroid dienone is 3. The van der Waals surface area contributed by atoms with Crippen LogP contribution in [0.2, 0.25) is 0 Å². The standard InChI is InChI=1S/C11H17NO/c1-2-3-7-11-10(9-13)6-4-5-8-12-11/h4-6,8,12-13H,2-3,7,9H2,1H3. The van der Waals surface area contributed by atoms with E-state index in [4.69, 9.17) is 5.11 Å². The Balaban J connectivity index is 2.67. The number of hydrogen-bond donors (Lipinski definition) is 2. The van der Waals surface area contributed by atoms with Crippen LogP contribution in [0.3, 0.4) is 0 Å². The number of aliphatic hydroxyl groups is 1. The summed E-state index contributed by atoms with van der Waals surface area (Å²) in [5.74, 6) is 0. The molecule has 2 N–H and O–H groups in total. The molecule has 0 spiro atoms. The number of nitrogens with one attached hydrogen (secondary N) is 1. The molecule has 2 nitrogen and oxygen atoms in total. The third-order valence-corrected chi connectivity index (χ3v) is 2.10. The maximum atomic E-state index is 9.11. The van der Waals surface area contributed by atoms with E-state index in [1.54, 1.807) is 0 Å². The minimum atomic E-state index is 0.115. The van der Waals surface area contributed by atoms with Gasteiger partial charge < -0.3 is 10.4 Å². The van der Waals surface area contributed by atoms with Gasteiger partial charge in [-0.2, -0.15) is 0 Å². The van der Waals surface area contributed by atoms with Gasteiger partial charge in [0.2, 0.25) is 0 Å². The smallest absolute Gasteiger partial charge is 0.0698 e. The summed E-state index contributed by atoms with van der Waals surface area (Å²) in [7, 11) is 0. The molecule has 2 heteroatoms. The van der Waals surface area contributed by atoms with Crippen LogP contribution in [0.15, 0.2) is 35.7 Å². The molecular formula is C11H17NO. The van der Waals surface area contributed by atoms with E-state index >= 15 is 0 Å². The van der Waals surface area contributed by atoms with Crippen molar-refractivity contribution in [2.45, 2.75) is 26.2 Å². The van der Waals surface area contributed by atoms with Crippen LogP contribution in [0, 0.1) is 0 Å². The summed E-state index contributed by atoms with van der Waals surface area (Å²) < 4.78 is 0. The number of hydrogen-bond acceptors (Lipinski definition) is 2. The van der Waals surface area contributed by atoms with Crippen molar-refractivity contribution in [1.82, 2.24) is 5.32 Å². The van der Waals surface area contributed by atoms with Gasteiger partial charge >= 0.3 is 0 Å². The van der Waals surface area contributed by atoms with E-state index in [9.17, 15) is 0 Å².